The number of quaternary nitrogens is 1. The zero-order valence-electron chi connectivity index (χ0n) is 15.0. The lowest BCUT2D eigenvalue weighted by Crippen LogP contribution is -2.48. The van der Waals surface area contributed by atoms with Crippen LogP contribution in [0.3, 0.4) is 0 Å². The van der Waals surface area contributed by atoms with E-state index in [9.17, 15) is 0 Å². The van der Waals surface area contributed by atoms with E-state index in [0.717, 1.165) is 49.8 Å². The molecule has 2 heterocycles. The fourth-order valence-electron chi connectivity index (χ4n) is 3.85. The Balaban J connectivity index is 1.36. The molecule has 2 aliphatic heterocycles. The van der Waals surface area contributed by atoms with Crippen molar-refractivity contribution in [3.05, 3.63) is 18.2 Å². The van der Waals surface area contributed by atoms with E-state index in [1.54, 1.807) is 0 Å². The van der Waals surface area contributed by atoms with E-state index < -0.39 is 0 Å². The van der Waals surface area contributed by atoms with Crippen LogP contribution in [0.15, 0.2) is 18.2 Å². The van der Waals surface area contributed by atoms with Gasteiger partial charge in [0.1, 0.15) is 12.4 Å². The summed E-state index contributed by atoms with van der Waals surface area (Å²) in [6, 6.07) is 5.89. The molecule has 2 N–H and O–H groups in total. The normalized spacial score (nSPS) is 19.6. The minimum absolute atomic E-state index is 0.715. The number of benzene rings is 1. The Morgan fingerprint density at radius 2 is 2.04 bits per heavy atom. The lowest BCUT2D eigenvalue weighted by Gasteiger charge is -2.37. The van der Waals surface area contributed by atoms with Crippen molar-refractivity contribution < 1.29 is 14.0 Å². The van der Waals surface area contributed by atoms with E-state index in [0.29, 0.717) is 6.61 Å². The zero-order chi connectivity index (χ0) is 16.8. The van der Waals surface area contributed by atoms with E-state index >= 15 is 0 Å². The molecule has 0 aliphatic carbocycles. The topological polar surface area (TPSA) is 47.7 Å². The van der Waals surface area contributed by atoms with Gasteiger partial charge in [-0.2, -0.15) is 0 Å². The van der Waals surface area contributed by atoms with Crippen LogP contribution in [0.2, 0.25) is 0 Å². The highest BCUT2D eigenvalue weighted by Gasteiger charge is 2.23. The van der Waals surface area contributed by atoms with Gasteiger partial charge in [-0.3, -0.25) is 0 Å². The van der Waals surface area contributed by atoms with Crippen LogP contribution >= 0.6 is 0 Å². The molecule has 0 aromatic heterocycles. The molecule has 0 radical (unpaired) electrons. The fourth-order valence-corrected chi connectivity index (χ4v) is 3.85. The van der Waals surface area contributed by atoms with E-state index in [4.69, 9.17) is 15.2 Å². The largest absolute Gasteiger partial charge is 0.489 e. The number of rotatable bonds is 7. The molecule has 0 amide bonds. The predicted molar refractivity (Wildman–Crippen MR) is 98.6 cm³/mol. The van der Waals surface area contributed by atoms with Gasteiger partial charge >= 0.3 is 0 Å². The second-order valence-corrected chi connectivity index (χ2v) is 7.38. The van der Waals surface area contributed by atoms with Crippen molar-refractivity contribution in [3.63, 3.8) is 0 Å². The van der Waals surface area contributed by atoms with Crippen molar-refractivity contribution in [1.29, 1.82) is 0 Å². The maximum atomic E-state index is 5.89. The van der Waals surface area contributed by atoms with Gasteiger partial charge in [0, 0.05) is 24.7 Å². The summed E-state index contributed by atoms with van der Waals surface area (Å²) in [7, 11) is 2.40. The van der Waals surface area contributed by atoms with Gasteiger partial charge in [0.25, 0.3) is 0 Å². The highest BCUT2D eigenvalue weighted by atomic mass is 16.5. The Labute approximate surface area is 145 Å². The summed E-state index contributed by atoms with van der Waals surface area (Å²) in [6.45, 7) is 8.11. The van der Waals surface area contributed by atoms with Crippen molar-refractivity contribution in [2.24, 2.45) is 0 Å². The molecule has 3 rings (SSSR count). The molecular weight excluding hydrogens is 302 g/mol. The Kier molecular flexibility index (Phi) is 5.85. The maximum absolute atomic E-state index is 5.89. The number of fused-ring (bicyclic) bond motifs is 1. The molecule has 5 nitrogen and oxygen atoms in total. The highest BCUT2D eigenvalue weighted by Crippen LogP contribution is 2.32. The Morgan fingerprint density at radius 1 is 1.21 bits per heavy atom. The third-order valence-electron chi connectivity index (χ3n) is 5.33. The minimum atomic E-state index is 0.715. The molecule has 0 spiro atoms. The second-order valence-electron chi connectivity index (χ2n) is 7.38. The Bertz CT molecular complexity index is 529. The van der Waals surface area contributed by atoms with Gasteiger partial charge in [-0.15, -0.1) is 0 Å². The smallest absolute Gasteiger partial charge is 0.144 e. The SMILES string of the molecule is C[N+]1(CCCOCCN2CCOc3cc(N)ccc32)CCCCC1. The summed E-state index contributed by atoms with van der Waals surface area (Å²) in [5, 5.41) is 0. The van der Waals surface area contributed by atoms with Gasteiger partial charge in [0.05, 0.1) is 52.1 Å². The third-order valence-corrected chi connectivity index (χ3v) is 5.33. The summed E-state index contributed by atoms with van der Waals surface area (Å²) in [4.78, 5) is 2.33. The Hall–Kier alpha value is -1.46. The first-order valence-electron chi connectivity index (χ1n) is 9.35. The lowest BCUT2D eigenvalue weighted by atomic mass is 10.1. The molecule has 1 fully saturated rings. The van der Waals surface area contributed by atoms with Crippen molar-refractivity contribution in [2.45, 2.75) is 25.7 Å². The van der Waals surface area contributed by atoms with Crippen LogP contribution in [0.1, 0.15) is 25.7 Å². The van der Waals surface area contributed by atoms with Crippen LogP contribution in [0.25, 0.3) is 0 Å². The van der Waals surface area contributed by atoms with Crippen LogP contribution < -0.4 is 15.4 Å². The zero-order valence-corrected chi connectivity index (χ0v) is 15.0. The number of nitrogens with two attached hydrogens (primary N) is 1. The molecule has 1 saturated heterocycles. The van der Waals surface area contributed by atoms with E-state index in [1.807, 2.05) is 18.2 Å². The molecule has 0 unspecified atom stereocenters. The van der Waals surface area contributed by atoms with Crippen molar-refractivity contribution in [1.82, 2.24) is 0 Å². The monoisotopic (exact) mass is 334 g/mol. The van der Waals surface area contributed by atoms with Crippen LogP contribution in [0.5, 0.6) is 5.75 Å². The molecule has 0 atom stereocenters. The summed E-state index contributed by atoms with van der Waals surface area (Å²) in [6.07, 6.45) is 5.35. The first-order valence-corrected chi connectivity index (χ1v) is 9.35. The highest BCUT2D eigenvalue weighted by molar-refractivity contribution is 5.65. The van der Waals surface area contributed by atoms with E-state index in [2.05, 4.69) is 11.9 Å². The third kappa shape index (κ3) is 4.54. The summed E-state index contributed by atoms with van der Waals surface area (Å²) < 4.78 is 12.8. The fraction of sp³-hybridized carbons (Fsp3) is 0.684. The number of nitrogens with zero attached hydrogens (tertiary/aromatic N) is 2. The minimum Gasteiger partial charge on any atom is -0.489 e. The summed E-state index contributed by atoms with van der Waals surface area (Å²) in [5.74, 6) is 0.892. The van der Waals surface area contributed by atoms with Crippen LogP contribution in [-0.4, -0.2) is 64.1 Å². The Morgan fingerprint density at radius 3 is 2.88 bits per heavy atom. The number of piperidine rings is 1. The van der Waals surface area contributed by atoms with E-state index in [1.165, 1.54) is 43.4 Å². The van der Waals surface area contributed by atoms with Crippen molar-refractivity contribution in [2.75, 3.05) is 70.2 Å². The number of likely N-dealkylation sites (tertiary alicyclic amines) is 1. The molecule has 1 aromatic carbocycles. The predicted octanol–water partition coefficient (Wildman–Crippen LogP) is 2.50. The average molecular weight is 334 g/mol. The molecular formula is C19H32N3O2+. The molecule has 2 aliphatic rings. The lowest BCUT2D eigenvalue weighted by molar-refractivity contribution is -0.914. The number of nitrogen functional groups attached to an aromatic ring is 1. The van der Waals surface area contributed by atoms with Gasteiger partial charge in [-0.1, -0.05) is 0 Å². The van der Waals surface area contributed by atoms with Gasteiger partial charge in [0.15, 0.2) is 0 Å². The summed E-state index contributed by atoms with van der Waals surface area (Å²) >= 11 is 0. The molecule has 0 bridgehead atoms. The van der Waals surface area contributed by atoms with Crippen LogP contribution in [0.4, 0.5) is 11.4 Å². The quantitative estimate of drug-likeness (QED) is 0.473. The number of hydrogen-bond donors (Lipinski definition) is 1. The first kappa shape index (κ1) is 17.4. The summed E-state index contributed by atoms with van der Waals surface area (Å²) in [5.41, 5.74) is 7.71. The number of ether oxygens (including phenoxy) is 2. The van der Waals surface area contributed by atoms with Crippen LogP contribution in [-0.2, 0) is 4.74 Å². The van der Waals surface area contributed by atoms with Gasteiger partial charge < -0.3 is 24.6 Å². The molecule has 134 valence electrons. The average Bonchev–Trinajstić information content (AvgIpc) is 2.58. The van der Waals surface area contributed by atoms with Gasteiger partial charge in [-0.25, -0.2) is 0 Å². The standard InChI is InChI=1S/C19H32N3O2/c1-22(10-3-2-4-11-22)12-5-13-23-14-8-21-9-15-24-19-16-17(20)6-7-18(19)21/h6-7,16H,2-5,8-15,20H2,1H3/q+1. The number of anilines is 2. The van der Waals surface area contributed by atoms with Crippen molar-refractivity contribution in [3.8, 4) is 5.75 Å². The van der Waals surface area contributed by atoms with Crippen LogP contribution in [0, 0.1) is 0 Å². The molecule has 24 heavy (non-hydrogen) atoms. The van der Waals surface area contributed by atoms with E-state index in [-0.39, 0.29) is 0 Å². The van der Waals surface area contributed by atoms with Crippen molar-refractivity contribution >= 4 is 11.4 Å². The molecule has 1 aromatic rings. The van der Waals surface area contributed by atoms with Gasteiger partial charge in [0.2, 0.25) is 0 Å². The number of hydrogen-bond acceptors (Lipinski definition) is 4. The molecule has 5 heteroatoms. The first-order chi connectivity index (χ1) is 11.7. The van der Waals surface area contributed by atoms with Gasteiger partial charge in [-0.05, 0) is 31.4 Å². The molecule has 0 saturated carbocycles. The maximum Gasteiger partial charge on any atom is 0.144 e. The second kappa shape index (κ2) is 8.08.